The molecule has 8 nitrogen and oxygen atoms in total. The summed E-state index contributed by atoms with van der Waals surface area (Å²) >= 11 is 0. The summed E-state index contributed by atoms with van der Waals surface area (Å²) in [7, 11) is 0. The van der Waals surface area contributed by atoms with Crippen LogP contribution >= 0.6 is 0 Å². The number of amides is 1. The number of rotatable bonds is 9. The van der Waals surface area contributed by atoms with Crippen molar-refractivity contribution < 1.29 is 9.18 Å². The molecule has 0 unspecified atom stereocenters. The van der Waals surface area contributed by atoms with Crippen molar-refractivity contribution in [2.24, 2.45) is 0 Å². The van der Waals surface area contributed by atoms with E-state index in [1.54, 1.807) is 18.2 Å². The van der Waals surface area contributed by atoms with Crippen LogP contribution < -0.4 is 20.9 Å². The molecule has 0 spiro atoms. The van der Waals surface area contributed by atoms with Crippen LogP contribution in [0.2, 0.25) is 0 Å². The van der Waals surface area contributed by atoms with Gasteiger partial charge in [0.05, 0.1) is 22.6 Å². The van der Waals surface area contributed by atoms with Crippen molar-refractivity contribution in [3.63, 3.8) is 0 Å². The number of aromatic nitrogens is 1. The second-order valence-corrected chi connectivity index (χ2v) is 9.11. The maximum Gasteiger partial charge on any atom is 0.247 e. The average Bonchev–Trinajstić information content (AvgIpc) is 2.94. The largest absolute Gasteiger partial charge is 0.377 e. The fraction of sp³-hybridized carbons (Fsp3) is 0.276. The molecular weight excluding hydrogens is 481 g/mol. The number of benzene rings is 2. The molecule has 3 aromatic rings. The third-order valence-electron chi connectivity index (χ3n) is 6.66. The minimum Gasteiger partial charge on any atom is -0.377 e. The third-order valence-corrected chi connectivity index (χ3v) is 6.66. The van der Waals surface area contributed by atoms with E-state index in [-0.39, 0.29) is 17.8 Å². The fourth-order valence-corrected chi connectivity index (χ4v) is 4.39. The van der Waals surface area contributed by atoms with Crippen LogP contribution in [0.5, 0.6) is 0 Å². The summed E-state index contributed by atoms with van der Waals surface area (Å²) in [5, 5.41) is 19.1. The van der Waals surface area contributed by atoms with E-state index in [0.717, 1.165) is 44.0 Å². The molecule has 0 bridgehead atoms. The minimum absolute atomic E-state index is 0.173. The van der Waals surface area contributed by atoms with E-state index in [9.17, 15) is 14.4 Å². The standard InChI is InChI=1S/C29H32FN7O/c1-4-29(38)35-27-16-24(37-14-12-36(5-2)13-15-37)10-11-25(27)34-28-17-26(22(18-31)19-32-28)33-20(3)21-6-8-23(30)9-7-21/h4,6-11,16-17,19-20H,1,5,12-15H2,2-3H3,(H,35,38)(H2,32,33,34)/t20-/m1/s1. The average molecular weight is 514 g/mol. The molecule has 1 aliphatic rings. The van der Waals surface area contributed by atoms with Crippen LogP contribution in [0.25, 0.3) is 0 Å². The van der Waals surface area contributed by atoms with E-state index in [1.807, 2.05) is 25.1 Å². The van der Waals surface area contributed by atoms with Gasteiger partial charge in [0, 0.05) is 50.2 Å². The maximum absolute atomic E-state index is 13.3. The van der Waals surface area contributed by atoms with Crippen LogP contribution in [0.3, 0.4) is 0 Å². The Morgan fingerprint density at radius 2 is 1.87 bits per heavy atom. The molecule has 1 saturated heterocycles. The molecule has 2 heterocycles. The van der Waals surface area contributed by atoms with Crippen molar-refractivity contribution in [2.45, 2.75) is 19.9 Å². The van der Waals surface area contributed by atoms with Crippen LogP contribution in [0, 0.1) is 17.1 Å². The Labute approximate surface area is 222 Å². The zero-order valence-electron chi connectivity index (χ0n) is 21.7. The van der Waals surface area contributed by atoms with Gasteiger partial charge in [-0.1, -0.05) is 25.6 Å². The summed E-state index contributed by atoms with van der Waals surface area (Å²) in [6, 6.07) is 15.8. The molecule has 3 N–H and O–H groups in total. The summed E-state index contributed by atoms with van der Waals surface area (Å²) in [6.45, 7) is 12.5. The monoisotopic (exact) mass is 513 g/mol. The van der Waals surface area contributed by atoms with E-state index >= 15 is 0 Å². The van der Waals surface area contributed by atoms with Gasteiger partial charge in [0.15, 0.2) is 0 Å². The Morgan fingerprint density at radius 3 is 2.53 bits per heavy atom. The van der Waals surface area contributed by atoms with Crippen LogP contribution in [0.1, 0.15) is 31.0 Å². The lowest BCUT2D eigenvalue weighted by molar-refractivity contribution is -0.111. The second kappa shape index (κ2) is 12.2. The molecule has 38 heavy (non-hydrogen) atoms. The predicted octanol–water partition coefficient (Wildman–Crippen LogP) is 5.28. The number of carbonyl (C=O) groups excluding carboxylic acids is 1. The van der Waals surface area contributed by atoms with Gasteiger partial charge in [0.25, 0.3) is 0 Å². The zero-order valence-corrected chi connectivity index (χ0v) is 21.7. The first-order chi connectivity index (χ1) is 18.4. The molecular formula is C29H32FN7O. The van der Waals surface area contributed by atoms with Gasteiger partial charge < -0.3 is 25.8 Å². The Morgan fingerprint density at radius 1 is 1.13 bits per heavy atom. The van der Waals surface area contributed by atoms with Crippen molar-refractivity contribution in [1.29, 1.82) is 5.26 Å². The highest BCUT2D eigenvalue weighted by Gasteiger charge is 2.18. The van der Waals surface area contributed by atoms with E-state index in [0.29, 0.717) is 28.4 Å². The molecule has 0 aliphatic carbocycles. The van der Waals surface area contributed by atoms with Gasteiger partial charge in [0.1, 0.15) is 17.7 Å². The Kier molecular flexibility index (Phi) is 8.56. The van der Waals surface area contributed by atoms with Crippen LogP contribution in [0.4, 0.5) is 33.0 Å². The maximum atomic E-state index is 13.3. The number of hydrogen-bond acceptors (Lipinski definition) is 7. The number of hydrogen-bond donors (Lipinski definition) is 3. The first-order valence-corrected chi connectivity index (χ1v) is 12.6. The minimum atomic E-state index is -0.315. The lowest BCUT2D eigenvalue weighted by Gasteiger charge is -2.35. The Balaban J connectivity index is 1.58. The number of pyridine rings is 1. The first kappa shape index (κ1) is 26.6. The molecule has 196 valence electrons. The summed E-state index contributed by atoms with van der Waals surface area (Å²) in [4.78, 5) is 21.3. The summed E-state index contributed by atoms with van der Waals surface area (Å²) in [5.41, 5.74) is 4.13. The number of anilines is 5. The Bertz CT molecular complexity index is 1330. The van der Waals surface area contributed by atoms with Gasteiger partial charge in [-0.15, -0.1) is 0 Å². The molecule has 1 amide bonds. The molecule has 9 heteroatoms. The summed E-state index contributed by atoms with van der Waals surface area (Å²) in [5.74, 6) is -0.122. The lowest BCUT2D eigenvalue weighted by Crippen LogP contribution is -2.46. The molecule has 4 rings (SSSR count). The number of halogens is 1. The normalized spacial score (nSPS) is 14.3. The SMILES string of the molecule is C=CC(=O)Nc1cc(N2CCN(CC)CC2)ccc1Nc1cc(N[C@H](C)c2ccc(F)cc2)c(C#N)cn1. The number of nitrogens with one attached hydrogen (secondary N) is 3. The molecule has 2 aromatic carbocycles. The van der Waals surface area contributed by atoms with Crippen molar-refractivity contribution >= 4 is 34.5 Å². The number of piperazine rings is 1. The van der Waals surface area contributed by atoms with E-state index in [1.165, 1.54) is 24.4 Å². The highest BCUT2D eigenvalue weighted by molar-refractivity contribution is 6.02. The van der Waals surface area contributed by atoms with E-state index < -0.39 is 0 Å². The highest BCUT2D eigenvalue weighted by Crippen LogP contribution is 2.32. The number of nitriles is 1. The third kappa shape index (κ3) is 6.47. The number of likely N-dealkylation sites (N-methyl/N-ethyl adjacent to an activating group) is 1. The molecule has 1 aromatic heterocycles. The highest BCUT2D eigenvalue weighted by atomic mass is 19.1. The predicted molar refractivity (Wildman–Crippen MR) is 150 cm³/mol. The number of carbonyl (C=O) groups is 1. The van der Waals surface area contributed by atoms with Gasteiger partial charge >= 0.3 is 0 Å². The van der Waals surface area contributed by atoms with Gasteiger partial charge in [-0.25, -0.2) is 9.37 Å². The fourth-order valence-electron chi connectivity index (χ4n) is 4.39. The first-order valence-electron chi connectivity index (χ1n) is 12.6. The van der Waals surface area contributed by atoms with E-state index in [2.05, 4.69) is 50.3 Å². The van der Waals surface area contributed by atoms with Gasteiger partial charge in [-0.05, 0) is 55.4 Å². The summed E-state index contributed by atoms with van der Waals surface area (Å²) in [6.07, 6.45) is 2.72. The molecule has 1 aliphatic heterocycles. The van der Waals surface area contributed by atoms with Crippen molar-refractivity contribution in [2.75, 3.05) is 53.6 Å². The van der Waals surface area contributed by atoms with Crippen LogP contribution in [0.15, 0.2) is 67.4 Å². The lowest BCUT2D eigenvalue weighted by atomic mass is 10.1. The van der Waals surface area contributed by atoms with Crippen molar-refractivity contribution in [3.05, 3.63) is 84.3 Å². The smallest absolute Gasteiger partial charge is 0.247 e. The molecule has 1 atom stereocenters. The quantitative estimate of drug-likeness (QED) is 0.335. The second-order valence-electron chi connectivity index (χ2n) is 9.11. The van der Waals surface area contributed by atoms with Crippen molar-refractivity contribution in [3.8, 4) is 6.07 Å². The van der Waals surface area contributed by atoms with Crippen LogP contribution in [-0.4, -0.2) is 48.5 Å². The van der Waals surface area contributed by atoms with Crippen molar-refractivity contribution in [1.82, 2.24) is 9.88 Å². The van der Waals surface area contributed by atoms with Crippen LogP contribution in [-0.2, 0) is 4.79 Å². The molecule has 0 saturated carbocycles. The summed E-state index contributed by atoms with van der Waals surface area (Å²) < 4.78 is 13.3. The van der Waals surface area contributed by atoms with Gasteiger partial charge in [-0.3, -0.25) is 4.79 Å². The topological polar surface area (TPSA) is 96.3 Å². The van der Waals surface area contributed by atoms with Gasteiger partial charge in [-0.2, -0.15) is 5.26 Å². The number of nitrogens with zero attached hydrogens (tertiary/aromatic N) is 4. The van der Waals surface area contributed by atoms with E-state index in [4.69, 9.17) is 0 Å². The zero-order chi connectivity index (χ0) is 27.1. The van der Waals surface area contributed by atoms with Gasteiger partial charge in [0.2, 0.25) is 5.91 Å². The molecule has 1 fully saturated rings. The molecule has 0 radical (unpaired) electrons. The Hall–Kier alpha value is -4.42.